The van der Waals surface area contributed by atoms with Gasteiger partial charge in [0.15, 0.2) is 0 Å². The van der Waals surface area contributed by atoms with Crippen LogP contribution in [0, 0.1) is 5.82 Å². The Morgan fingerprint density at radius 2 is 2.10 bits per heavy atom. The van der Waals surface area contributed by atoms with Crippen LogP contribution in [0.2, 0.25) is 0 Å². The van der Waals surface area contributed by atoms with Crippen LogP contribution in [-0.2, 0) is 0 Å². The molecule has 4 heteroatoms. The summed E-state index contributed by atoms with van der Waals surface area (Å²) < 4.78 is 14.7. The average Bonchev–Trinajstić information content (AvgIpc) is 2.41. The van der Waals surface area contributed by atoms with Crippen molar-refractivity contribution in [1.82, 2.24) is 10.2 Å². The second-order valence-electron chi connectivity index (χ2n) is 5.67. The van der Waals surface area contributed by atoms with Crippen molar-refractivity contribution in [3.63, 3.8) is 0 Å². The molecule has 1 heterocycles. The van der Waals surface area contributed by atoms with Crippen molar-refractivity contribution in [3.8, 4) is 0 Å². The molecular weight excluding hydrogens is 319 g/mol. The van der Waals surface area contributed by atoms with Crippen molar-refractivity contribution in [3.05, 3.63) is 34.1 Å². The number of halogens is 2. The van der Waals surface area contributed by atoms with Crippen LogP contribution in [0.4, 0.5) is 4.39 Å². The predicted octanol–water partition coefficient (Wildman–Crippen LogP) is 4.11. The quantitative estimate of drug-likeness (QED) is 0.865. The first kappa shape index (κ1) is 15.9. The summed E-state index contributed by atoms with van der Waals surface area (Å²) in [6.07, 6.45) is 3.53. The van der Waals surface area contributed by atoms with E-state index in [-0.39, 0.29) is 11.9 Å². The van der Waals surface area contributed by atoms with Gasteiger partial charge < -0.3 is 10.2 Å². The van der Waals surface area contributed by atoms with Gasteiger partial charge in [-0.2, -0.15) is 0 Å². The van der Waals surface area contributed by atoms with Gasteiger partial charge in [-0.3, -0.25) is 0 Å². The third kappa shape index (κ3) is 4.27. The molecule has 1 aromatic rings. The number of rotatable bonds is 5. The summed E-state index contributed by atoms with van der Waals surface area (Å²) in [5.41, 5.74) is 0.754. The summed E-state index contributed by atoms with van der Waals surface area (Å²) in [6.45, 7) is 7.78. The zero-order valence-corrected chi connectivity index (χ0v) is 13.9. The van der Waals surface area contributed by atoms with Gasteiger partial charge in [-0.15, -0.1) is 0 Å². The van der Waals surface area contributed by atoms with Crippen molar-refractivity contribution < 1.29 is 4.39 Å². The highest BCUT2D eigenvalue weighted by molar-refractivity contribution is 9.10. The third-order valence-corrected chi connectivity index (χ3v) is 4.54. The molecule has 1 saturated heterocycles. The van der Waals surface area contributed by atoms with Gasteiger partial charge >= 0.3 is 0 Å². The Bertz CT molecular complexity index is 430. The molecule has 0 spiro atoms. The first-order chi connectivity index (χ1) is 9.60. The summed E-state index contributed by atoms with van der Waals surface area (Å²) >= 11 is 3.30. The van der Waals surface area contributed by atoms with E-state index in [0.29, 0.717) is 6.04 Å². The van der Waals surface area contributed by atoms with Crippen LogP contribution >= 0.6 is 15.9 Å². The molecule has 1 unspecified atom stereocenters. The molecule has 0 aromatic heterocycles. The highest BCUT2D eigenvalue weighted by Gasteiger charge is 2.21. The van der Waals surface area contributed by atoms with E-state index in [1.165, 1.54) is 19.0 Å². The Labute approximate surface area is 129 Å². The van der Waals surface area contributed by atoms with Gasteiger partial charge in [0.05, 0.1) is 0 Å². The lowest BCUT2D eigenvalue weighted by Crippen LogP contribution is -2.43. The van der Waals surface area contributed by atoms with Crippen LogP contribution < -0.4 is 5.32 Å². The zero-order valence-electron chi connectivity index (χ0n) is 12.3. The maximum Gasteiger partial charge on any atom is 0.129 e. The van der Waals surface area contributed by atoms with Crippen LogP contribution in [0.1, 0.15) is 44.7 Å². The second kappa shape index (κ2) is 7.53. The molecule has 2 rings (SSSR count). The fourth-order valence-corrected chi connectivity index (χ4v) is 3.27. The lowest BCUT2D eigenvalue weighted by Gasteiger charge is -2.33. The van der Waals surface area contributed by atoms with E-state index in [0.717, 1.165) is 36.0 Å². The van der Waals surface area contributed by atoms with Gasteiger partial charge in [0.25, 0.3) is 0 Å². The minimum Gasteiger partial charge on any atom is -0.307 e. The molecule has 1 aliphatic rings. The summed E-state index contributed by atoms with van der Waals surface area (Å²) in [6, 6.07) is 5.87. The molecule has 0 radical (unpaired) electrons. The Balaban J connectivity index is 1.87. The molecule has 2 nitrogen and oxygen atoms in total. The number of likely N-dealkylation sites (tertiary alicyclic amines) is 1. The molecule has 1 aliphatic heterocycles. The van der Waals surface area contributed by atoms with E-state index in [9.17, 15) is 4.39 Å². The number of benzene rings is 1. The number of nitrogens with one attached hydrogen (secondary N) is 1. The molecule has 0 saturated carbocycles. The fraction of sp³-hybridized carbons (Fsp3) is 0.625. The molecule has 20 heavy (non-hydrogen) atoms. The standard InChI is InChI=1S/C16H24BrFN2/c1-3-8-20-9-6-14(7-10-20)19-12(2)15-5-4-13(17)11-16(15)18/h4-5,11-12,14,19H,3,6-10H2,1-2H3. The van der Waals surface area contributed by atoms with E-state index in [2.05, 4.69) is 33.1 Å². The lowest BCUT2D eigenvalue weighted by atomic mass is 10.0. The molecule has 1 aromatic carbocycles. The highest BCUT2D eigenvalue weighted by Crippen LogP contribution is 2.22. The minimum atomic E-state index is -0.136. The van der Waals surface area contributed by atoms with E-state index in [4.69, 9.17) is 0 Å². The van der Waals surface area contributed by atoms with E-state index < -0.39 is 0 Å². The third-order valence-electron chi connectivity index (χ3n) is 4.04. The SMILES string of the molecule is CCCN1CCC(NC(C)c2ccc(Br)cc2F)CC1. The average molecular weight is 343 g/mol. The van der Waals surface area contributed by atoms with Gasteiger partial charge in [-0.25, -0.2) is 4.39 Å². The number of nitrogens with zero attached hydrogens (tertiary/aromatic N) is 1. The van der Waals surface area contributed by atoms with Crippen LogP contribution in [-0.4, -0.2) is 30.6 Å². The molecule has 0 aliphatic carbocycles. The maximum atomic E-state index is 13.9. The minimum absolute atomic E-state index is 0.0609. The summed E-state index contributed by atoms with van der Waals surface area (Å²) in [4.78, 5) is 2.52. The largest absolute Gasteiger partial charge is 0.307 e. The smallest absolute Gasteiger partial charge is 0.129 e. The summed E-state index contributed by atoms with van der Waals surface area (Å²) in [7, 11) is 0. The molecule has 1 fully saturated rings. The van der Waals surface area contributed by atoms with Crippen molar-refractivity contribution in [1.29, 1.82) is 0 Å². The second-order valence-corrected chi connectivity index (χ2v) is 6.59. The molecule has 1 atom stereocenters. The normalized spacial score (nSPS) is 19.2. The first-order valence-electron chi connectivity index (χ1n) is 7.53. The number of hydrogen-bond donors (Lipinski definition) is 1. The van der Waals surface area contributed by atoms with Crippen LogP contribution in [0.15, 0.2) is 22.7 Å². The first-order valence-corrected chi connectivity index (χ1v) is 8.32. The van der Waals surface area contributed by atoms with Crippen LogP contribution in [0.25, 0.3) is 0 Å². The van der Waals surface area contributed by atoms with Gasteiger partial charge in [0, 0.05) is 22.1 Å². The summed E-state index contributed by atoms with van der Waals surface area (Å²) in [5.74, 6) is -0.136. The molecule has 1 N–H and O–H groups in total. The van der Waals surface area contributed by atoms with Crippen molar-refractivity contribution in [2.75, 3.05) is 19.6 Å². The fourth-order valence-electron chi connectivity index (χ4n) is 2.94. The Morgan fingerprint density at radius 3 is 2.70 bits per heavy atom. The van der Waals surface area contributed by atoms with E-state index in [1.807, 2.05) is 19.1 Å². The summed E-state index contributed by atoms with van der Waals surface area (Å²) in [5, 5.41) is 3.58. The van der Waals surface area contributed by atoms with Gasteiger partial charge in [-0.1, -0.05) is 28.9 Å². The van der Waals surface area contributed by atoms with Gasteiger partial charge in [0.1, 0.15) is 5.82 Å². The molecule has 0 bridgehead atoms. The van der Waals surface area contributed by atoms with Crippen LogP contribution in [0.5, 0.6) is 0 Å². The Hall–Kier alpha value is -0.450. The zero-order chi connectivity index (χ0) is 14.5. The van der Waals surface area contributed by atoms with E-state index >= 15 is 0 Å². The van der Waals surface area contributed by atoms with Gasteiger partial charge in [0.2, 0.25) is 0 Å². The topological polar surface area (TPSA) is 15.3 Å². The van der Waals surface area contributed by atoms with Crippen molar-refractivity contribution in [2.24, 2.45) is 0 Å². The maximum absolute atomic E-state index is 13.9. The predicted molar refractivity (Wildman–Crippen MR) is 85.4 cm³/mol. The monoisotopic (exact) mass is 342 g/mol. The number of piperidine rings is 1. The van der Waals surface area contributed by atoms with Gasteiger partial charge in [-0.05, 0) is 58.0 Å². The van der Waals surface area contributed by atoms with Crippen LogP contribution in [0.3, 0.4) is 0 Å². The highest BCUT2D eigenvalue weighted by atomic mass is 79.9. The lowest BCUT2D eigenvalue weighted by molar-refractivity contribution is 0.192. The van der Waals surface area contributed by atoms with E-state index in [1.54, 1.807) is 0 Å². The van der Waals surface area contributed by atoms with Crippen molar-refractivity contribution >= 4 is 15.9 Å². The van der Waals surface area contributed by atoms with Crippen molar-refractivity contribution in [2.45, 2.75) is 45.2 Å². The molecule has 0 amide bonds. The number of hydrogen-bond acceptors (Lipinski definition) is 2. The Kier molecular flexibility index (Phi) is 6.00. The molecular formula is C16H24BrFN2. The molecule has 112 valence electrons. The Morgan fingerprint density at radius 1 is 1.40 bits per heavy atom.